The van der Waals surface area contributed by atoms with Gasteiger partial charge in [-0.2, -0.15) is 0 Å². The van der Waals surface area contributed by atoms with Gasteiger partial charge in [-0.15, -0.1) is 11.3 Å². The third-order valence-corrected chi connectivity index (χ3v) is 11.0. The lowest BCUT2D eigenvalue weighted by Gasteiger charge is -2.36. The van der Waals surface area contributed by atoms with E-state index in [1.165, 1.54) is 27.4 Å². The zero-order valence-corrected chi connectivity index (χ0v) is 31.9. The molecule has 0 radical (unpaired) electrons. The Morgan fingerprint density at radius 2 is 1.67 bits per heavy atom. The van der Waals surface area contributed by atoms with Gasteiger partial charge in [0.2, 0.25) is 11.8 Å². The van der Waals surface area contributed by atoms with E-state index < -0.39 is 29.7 Å². The molecule has 4 aromatic rings. The number of thiazole rings is 1. The number of likely N-dealkylation sites (tertiary alicyclic amines) is 1. The maximum atomic E-state index is 13.2. The standard InChI is InChI=1S/C37H39BrN6O9S/c1-42-20-23(19-24(21-42)39-32-31(38)36(49)43-11-18-54-37(43)41-32)22-5-7-25(8-6-22)52-16-14-50-12-13-51-15-17-53-28-4-2-3-26-30(28)35(48)44(34(26)47)27-9-10-29(45)40-33(27)46/h2-8,11,18,23-24,27,39H,9-10,12-17,19-21H2,1H3,(H,40,45,46)/t23-,24+,27?/m0/s1. The smallest absolute Gasteiger partial charge is 0.275 e. The third kappa shape index (κ3) is 8.19. The molecule has 0 aliphatic carbocycles. The van der Waals surface area contributed by atoms with Gasteiger partial charge < -0.3 is 29.2 Å². The van der Waals surface area contributed by atoms with Gasteiger partial charge in [0.15, 0.2) is 4.96 Å². The average molecular weight is 824 g/mol. The van der Waals surface area contributed by atoms with Crippen LogP contribution >= 0.6 is 27.3 Å². The topological polar surface area (TPSA) is 170 Å². The lowest BCUT2D eigenvalue weighted by Crippen LogP contribution is -2.54. The molecule has 2 N–H and O–H groups in total. The van der Waals surface area contributed by atoms with E-state index in [1.54, 1.807) is 18.3 Å². The molecule has 3 atom stereocenters. The fraction of sp³-hybridized carbons (Fsp3) is 0.405. The molecular weight excluding hydrogens is 784 g/mol. The molecule has 3 aliphatic heterocycles. The van der Waals surface area contributed by atoms with Crippen LogP contribution in [-0.2, 0) is 19.1 Å². The van der Waals surface area contributed by atoms with Gasteiger partial charge in [-0.3, -0.25) is 38.6 Å². The van der Waals surface area contributed by atoms with Crippen molar-refractivity contribution >= 4 is 61.7 Å². The molecule has 15 nitrogen and oxygen atoms in total. The van der Waals surface area contributed by atoms with Gasteiger partial charge >= 0.3 is 0 Å². The Labute approximate surface area is 322 Å². The molecule has 0 spiro atoms. The van der Waals surface area contributed by atoms with Crippen LogP contribution in [0.15, 0.2) is 63.3 Å². The molecule has 0 saturated carbocycles. The normalized spacial score (nSPS) is 20.3. The van der Waals surface area contributed by atoms with Crippen molar-refractivity contribution < 1.29 is 38.1 Å². The van der Waals surface area contributed by atoms with E-state index in [9.17, 15) is 24.0 Å². The Morgan fingerprint density at radius 1 is 0.926 bits per heavy atom. The zero-order valence-electron chi connectivity index (χ0n) is 29.5. The molecule has 0 bridgehead atoms. The van der Waals surface area contributed by atoms with Gasteiger partial charge in [-0.05, 0) is 71.6 Å². The maximum absolute atomic E-state index is 13.2. The second-order valence-electron chi connectivity index (χ2n) is 13.2. The number of halogens is 1. The Kier molecular flexibility index (Phi) is 11.7. The number of nitrogens with one attached hydrogen (secondary N) is 2. The highest BCUT2D eigenvalue weighted by atomic mass is 79.9. The zero-order chi connectivity index (χ0) is 37.8. The fourth-order valence-corrected chi connectivity index (χ4v) is 8.10. The van der Waals surface area contributed by atoms with E-state index in [1.807, 2.05) is 17.5 Å². The Morgan fingerprint density at radius 3 is 2.43 bits per heavy atom. The molecule has 2 aromatic carbocycles. The molecule has 284 valence electrons. The van der Waals surface area contributed by atoms with E-state index in [4.69, 9.17) is 18.9 Å². The SMILES string of the molecule is CN1C[C@H](Nc2nc3sccn3c(=O)c2Br)C[C@H](c2ccc(OCCOCCOCCOc3cccc4c3C(=O)N(C3CCC(=O)NC3=O)C4=O)cc2)C1. The number of ether oxygens (including phenoxy) is 4. The number of anilines is 1. The van der Waals surface area contributed by atoms with Crippen molar-refractivity contribution in [1.82, 2.24) is 24.5 Å². The number of imide groups is 2. The molecule has 3 aliphatic rings. The first kappa shape index (κ1) is 37.6. The minimum Gasteiger partial charge on any atom is -0.491 e. The fourth-order valence-electron chi connectivity index (χ4n) is 7.01. The van der Waals surface area contributed by atoms with Crippen molar-refractivity contribution in [2.75, 3.05) is 65.1 Å². The Balaban J connectivity index is 0.791. The highest BCUT2D eigenvalue weighted by Crippen LogP contribution is 2.34. The first-order chi connectivity index (χ1) is 26.2. The summed E-state index contributed by atoms with van der Waals surface area (Å²) in [6, 6.07) is 11.9. The molecule has 2 saturated heterocycles. The minimum atomic E-state index is -1.04. The largest absolute Gasteiger partial charge is 0.491 e. The first-order valence-electron chi connectivity index (χ1n) is 17.6. The van der Waals surface area contributed by atoms with Crippen molar-refractivity contribution in [3.05, 3.63) is 85.6 Å². The van der Waals surface area contributed by atoms with E-state index in [0.717, 1.165) is 30.2 Å². The van der Waals surface area contributed by atoms with Crippen LogP contribution in [0.5, 0.6) is 11.5 Å². The summed E-state index contributed by atoms with van der Waals surface area (Å²) in [4.78, 5) is 71.3. The number of piperidine rings is 2. The molecule has 2 fully saturated rings. The van der Waals surface area contributed by atoms with E-state index in [-0.39, 0.29) is 54.5 Å². The van der Waals surface area contributed by atoms with E-state index >= 15 is 0 Å². The number of aromatic nitrogens is 2. The van der Waals surface area contributed by atoms with E-state index in [2.05, 4.69) is 55.6 Å². The van der Waals surface area contributed by atoms with Gasteiger partial charge in [0.1, 0.15) is 41.0 Å². The number of hydrogen-bond acceptors (Lipinski definition) is 13. The van der Waals surface area contributed by atoms with Crippen LogP contribution in [0.25, 0.3) is 4.96 Å². The number of nitrogens with zero attached hydrogens (tertiary/aromatic N) is 4. The van der Waals surface area contributed by atoms with E-state index in [0.29, 0.717) is 47.6 Å². The van der Waals surface area contributed by atoms with Crippen LogP contribution in [0.4, 0.5) is 5.82 Å². The number of hydrogen-bond donors (Lipinski definition) is 2. The summed E-state index contributed by atoms with van der Waals surface area (Å²) in [5, 5.41) is 7.54. The summed E-state index contributed by atoms with van der Waals surface area (Å²) in [7, 11) is 2.10. The molecule has 1 unspecified atom stereocenters. The molecule has 2 aromatic heterocycles. The molecule has 7 rings (SSSR count). The maximum Gasteiger partial charge on any atom is 0.275 e. The predicted molar refractivity (Wildman–Crippen MR) is 201 cm³/mol. The minimum absolute atomic E-state index is 0.0487. The van der Waals surface area contributed by atoms with Crippen molar-refractivity contribution in [1.29, 1.82) is 0 Å². The summed E-state index contributed by atoms with van der Waals surface area (Å²) in [5.74, 6) is -0.459. The van der Waals surface area contributed by atoms with Crippen molar-refractivity contribution in [3.63, 3.8) is 0 Å². The van der Waals surface area contributed by atoms with Gasteiger partial charge in [0.25, 0.3) is 17.4 Å². The summed E-state index contributed by atoms with van der Waals surface area (Å²) < 4.78 is 24.9. The number of amides is 4. The van der Waals surface area contributed by atoms with Gasteiger partial charge in [-0.25, -0.2) is 4.98 Å². The van der Waals surface area contributed by atoms with Crippen LogP contribution in [-0.4, -0.2) is 115 Å². The molecular formula is C37H39BrN6O9S. The summed E-state index contributed by atoms with van der Waals surface area (Å²) in [6.07, 6.45) is 2.75. The van der Waals surface area contributed by atoms with Gasteiger partial charge in [-0.1, -0.05) is 18.2 Å². The quantitative estimate of drug-likeness (QED) is 0.133. The predicted octanol–water partition coefficient (Wildman–Crippen LogP) is 3.31. The summed E-state index contributed by atoms with van der Waals surface area (Å²) in [6.45, 7) is 3.54. The van der Waals surface area contributed by atoms with Crippen LogP contribution < -0.4 is 25.7 Å². The number of likely N-dealkylation sites (N-methyl/N-ethyl adjacent to an activating group) is 1. The monoisotopic (exact) mass is 822 g/mol. The van der Waals surface area contributed by atoms with Crippen LogP contribution in [0.3, 0.4) is 0 Å². The second-order valence-corrected chi connectivity index (χ2v) is 14.9. The van der Waals surface area contributed by atoms with Crippen molar-refractivity contribution in [2.45, 2.75) is 37.3 Å². The van der Waals surface area contributed by atoms with Crippen LogP contribution in [0.2, 0.25) is 0 Å². The molecule has 17 heteroatoms. The van der Waals surface area contributed by atoms with Gasteiger partial charge in [0.05, 0.1) is 37.6 Å². The highest BCUT2D eigenvalue weighted by Gasteiger charge is 2.46. The lowest BCUT2D eigenvalue weighted by atomic mass is 9.88. The van der Waals surface area contributed by atoms with Crippen LogP contribution in [0, 0.1) is 0 Å². The Bertz CT molecular complexity index is 2110. The van der Waals surface area contributed by atoms with Crippen molar-refractivity contribution in [2.24, 2.45) is 0 Å². The van der Waals surface area contributed by atoms with Gasteiger partial charge in [0, 0.05) is 37.1 Å². The summed E-state index contributed by atoms with van der Waals surface area (Å²) in [5.41, 5.74) is 1.34. The lowest BCUT2D eigenvalue weighted by molar-refractivity contribution is -0.136. The molecule has 4 amide bonds. The molecule has 5 heterocycles. The Hall–Kier alpha value is -4.68. The van der Waals surface area contributed by atoms with Crippen molar-refractivity contribution in [3.8, 4) is 11.5 Å². The summed E-state index contributed by atoms with van der Waals surface area (Å²) >= 11 is 4.87. The number of benzene rings is 2. The number of fused-ring (bicyclic) bond motifs is 2. The molecule has 54 heavy (non-hydrogen) atoms. The first-order valence-corrected chi connectivity index (χ1v) is 19.3. The third-order valence-electron chi connectivity index (χ3n) is 9.52. The number of rotatable bonds is 15. The van der Waals surface area contributed by atoms with Crippen LogP contribution in [0.1, 0.15) is 51.5 Å². The average Bonchev–Trinajstić information content (AvgIpc) is 3.73. The second kappa shape index (κ2) is 16.8. The number of carbonyl (C=O) groups is 4. The number of carbonyl (C=O) groups excluding carboxylic acids is 4. The highest BCUT2D eigenvalue weighted by molar-refractivity contribution is 9.10.